The zero-order valence-corrected chi connectivity index (χ0v) is 10.1. The van der Waals surface area contributed by atoms with E-state index in [0.717, 1.165) is 12.2 Å². The van der Waals surface area contributed by atoms with E-state index in [0.29, 0.717) is 6.54 Å². The van der Waals surface area contributed by atoms with Crippen molar-refractivity contribution in [3.05, 3.63) is 30.1 Å². The number of rotatable bonds is 5. The molecule has 1 atom stereocenters. The molecule has 0 saturated heterocycles. The van der Waals surface area contributed by atoms with E-state index in [4.69, 9.17) is 0 Å². The lowest BCUT2D eigenvalue weighted by Crippen LogP contribution is -2.42. The van der Waals surface area contributed by atoms with Gasteiger partial charge in [-0.25, -0.2) is 0 Å². The zero-order valence-electron chi connectivity index (χ0n) is 10.1. The Balaban J connectivity index is 2.41. The van der Waals surface area contributed by atoms with E-state index in [1.807, 2.05) is 32.0 Å². The van der Waals surface area contributed by atoms with Gasteiger partial charge in [-0.05, 0) is 26.0 Å². The fourth-order valence-electron chi connectivity index (χ4n) is 1.33. The fourth-order valence-corrected chi connectivity index (χ4v) is 1.33. The van der Waals surface area contributed by atoms with Gasteiger partial charge in [-0.2, -0.15) is 0 Å². The smallest absolute Gasteiger partial charge is 0.239 e. The molecule has 16 heavy (non-hydrogen) atoms. The summed E-state index contributed by atoms with van der Waals surface area (Å²) in [6.45, 7) is 5.18. The molecule has 1 amide bonds. The van der Waals surface area contributed by atoms with Gasteiger partial charge < -0.3 is 10.2 Å². The second-order valence-electron chi connectivity index (χ2n) is 3.78. The van der Waals surface area contributed by atoms with Crippen molar-refractivity contribution in [3.8, 4) is 0 Å². The maximum Gasteiger partial charge on any atom is 0.239 e. The van der Waals surface area contributed by atoms with Gasteiger partial charge in [0.15, 0.2) is 0 Å². The van der Waals surface area contributed by atoms with E-state index >= 15 is 0 Å². The molecule has 4 nitrogen and oxygen atoms in total. The number of carbonyl (C=O) groups is 1. The molecule has 0 aliphatic rings. The van der Waals surface area contributed by atoms with E-state index < -0.39 is 0 Å². The highest BCUT2D eigenvalue weighted by atomic mass is 16.2. The van der Waals surface area contributed by atoms with Gasteiger partial charge in [-0.3, -0.25) is 9.78 Å². The Morgan fingerprint density at radius 2 is 2.31 bits per heavy atom. The summed E-state index contributed by atoms with van der Waals surface area (Å²) in [6, 6.07) is 5.58. The van der Waals surface area contributed by atoms with Crippen LogP contribution in [0.3, 0.4) is 0 Å². The Morgan fingerprint density at radius 1 is 1.56 bits per heavy atom. The van der Waals surface area contributed by atoms with Gasteiger partial charge in [0.2, 0.25) is 5.91 Å². The lowest BCUT2D eigenvalue weighted by Gasteiger charge is -2.20. The monoisotopic (exact) mass is 221 g/mol. The maximum atomic E-state index is 11.7. The zero-order chi connectivity index (χ0) is 12.0. The molecule has 0 fully saturated rings. The van der Waals surface area contributed by atoms with E-state index in [1.54, 1.807) is 18.1 Å². The van der Waals surface area contributed by atoms with Crippen molar-refractivity contribution < 1.29 is 4.79 Å². The Morgan fingerprint density at radius 3 is 2.88 bits per heavy atom. The van der Waals surface area contributed by atoms with Gasteiger partial charge in [0.25, 0.3) is 0 Å². The van der Waals surface area contributed by atoms with E-state index in [1.165, 1.54) is 0 Å². The summed E-state index contributed by atoms with van der Waals surface area (Å²) >= 11 is 0. The van der Waals surface area contributed by atoms with Crippen LogP contribution in [0.15, 0.2) is 24.4 Å². The minimum atomic E-state index is -0.174. The maximum absolute atomic E-state index is 11.7. The first-order chi connectivity index (χ1) is 7.65. The number of amides is 1. The number of carbonyl (C=O) groups excluding carboxylic acids is 1. The average Bonchev–Trinajstić information content (AvgIpc) is 2.35. The Bertz CT molecular complexity index is 326. The Labute approximate surface area is 96.7 Å². The third kappa shape index (κ3) is 3.62. The Kier molecular flexibility index (Phi) is 4.92. The third-order valence-electron chi connectivity index (χ3n) is 2.54. The summed E-state index contributed by atoms with van der Waals surface area (Å²) < 4.78 is 0. The van der Waals surface area contributed by atoms with Gasteiger partial charge in [0, 0.05) is 26.3 Å². The second kappa shape index (κ2) is 6.23. The highest BCUT2D eigenvalue weighted by Crippen LogP contribution is 1.96. The van der Waals surface area contributed by atoms with Crippen LogP contribution in [0.25, 0.3) is 0 Å². The van der Waals surface area contributed by atoms with Crippen LogP contribution >= 0.6 is 0 Å². The molecule has 1 aromatic rings. The van der Waals surface area contributed by atoms with Crippen LogP contribution in [0, 0.1) is 0 Å². The van der Waals surface area contributed by atoms with Crippen molar-refractivity contribution in [2.75, 3.05) is 13.6 Å². The van der Waals surface area contributed by atoms with E-state index in [2.05, 4.69) is 10.3 Å². The number of pyridine rings is 1. The summed E-state index contributed by atoms with van der Waals surface area (Å²) in [5, 5.41) is 3.16. The summed E-state index contributed by atoms with van der Waals surface area (Å²) in [4.78, 5) is 17.6. The highest BCUT2D eigenvalue weighted by molar-refractivity contribution is 5.81. The summed E-state index contributed by atoms with van der Waals surface area (Å²) in [6.07, 6.45) is 1.75. The van der Waals surface area contributed by atoms with Gasteiger partial charge in [0.05, 0.1) is 11.7 Å². The van der Waals surface area contributed by atoms with Crippen molar-refractivity contribution in [2.24, 2.45) is 0 Å². The quantitative estimate of drug-likeness (QED) is 0.808. The minimum Gasteiger partial charge on any atom is -0.345 e. The van der Waals surface area contributed by atoms with Crippen LogP contribution in [-0.2, 0) is 11.3 Å². The van der Waals surface area contributed by atoms with Gasteiger partial charge in [-0.15, -0.1) is 0 Å². The molecular weight excluding hydrogens is 202 g/mol. The molecule has 88 valence electrons. The van der Waals surface area contributed by atoms with Gasteiger partial charge in [-0.1, -0.05) is 6.07 Å². The van der Waals surface area contributed by atoms with Crippen LogP contribution in [0.1, 0.15) is 19.5 Å². The normalized spacial score (nSPS) is 12.2. The summed E-state index contributed by atoms with van der Waals surface area (Å²) in [7, 11) is 1.81. The summed E-state index contributed by atoms with van der Waals surface area (Å²) in [5.41, 5.74) is 0.946. The molecular formula is C12H19N3O. The number of nitrogens with one attached hydrogen (secondary N) is 1. The molecule has 1 unspecified atom stereocenters. The predicted molar refractivity (Wildman–Crippen MR) is 63.8 cm³/mol. The fraction of sp³-hybridized carbons (Fsp3) is 0.500. The molecule has 1 heterocycles. The van der Waals surface area contributed by atoms with E-state index in [-0.39, 0.29) is 11.9 Å². The molecule has 1 rings (SSSR count). The number of nitrogens with zero attached hydrogens (tertiary/aromatic N) is 2. The van der Waals surface area contributed by atoms with Crippen molar-refractivity contribution >= 4 is 5.91 Å². The first-order valence-electron chi connectivity index (χ1n) is 5.53. The molecule has 1 aromatic heterocycles. The first-order valence-corrected chi connectivity index (χ1v) is 5.53. The predicted octanol–water partition coefficient (Wildman–Crippen LogP) is 1.04. The van der Waals surface area contributed by atoms with Crippen LogP contribution in [-0.4, -0.2) is 35.4 Å². The number of likely N-dealkylation sites (N-methyl/N-ethyl adjacent to an activating group) is 1. The average molecular weight is 221 g/mol. The molecule has 0 aromatic carbocycles. The van der Waals surface area contributed by atoms with Crippen molar-refractivity contribution in [1.29, 1.82) is 0 Å². The van der Waals surface area contributed by atoms with Crippen molar-refractivity contribution in [3.63, 3.8) is 0 Å². The molecule has 0 bridgehead atoms. The lowest BCUT2D eigenvalue weighted by molar-refractivity contribution is -0.131. The molecule has 0 aliphatic carbocycles. The summed E-state index contributed by atoms with van der Waals surface area (Å²) in [5.74, 6) is 0.110. The van der Waals surface area contributed by atoms with Gasteiger partial charge in [0.1, 0.15) is 0 Å². The van der Waals surface area contributed by atoms with Crippen LogP contribution in [0.2, 0.25) is 0 Å². The highest BCUT2D eigenvalue weighted by Gasteiger charge is 2.15. The van der Waals surface area contributed by atoms with Crippen molar-refractivity contribution in [1.82, 2.24) is 15.2 Å². The Hall–Kier alpha value is -1.42. The van der Waals surface area contributed by atoms with Crippen LogP contribution in [0.5, 0.6) is 0 Å². The third-order valence-corrected chi connectivity index (χ3v) is 2.54. The molecule has 0 spiro atoms. The van der Waals surface area contributed by atoms with E-state index in [9.17, 15) is 4.79 Å². The standard InChI is InChI=1S/C12H19N3O/c1-4-15(3)12(16)10(2)14-9-11-7-5-6-8-13-11/h5-8,10,14H,4,9H2,1-3H3. The number of hydrogen-bond donors (Lipinski definition) is 1. The topological polar surface area (TPSA) is 45.2 Å². The largest absolute Gasteiger partial charge is 0.345 e. The molecule has 0 radical (unpaired) electrons. The van der Waals surface area contributed by atoms with Crippen LogP contribution in [0.4, 0.5) is 0 Å². The molecule has 4 heteroatoms. The lowest BCUT2D eigenvalue weighted by atomic mass is 10.2. The molecule has 0 saturated carbocycles. The second-order valence-corrected chi connectivity index (χ2v) is 3.78. The SMILES string of the molecule is CCN(C)C(=O)C(C)NCc1ccccn1. The number of hydrogen-bond acceptors (Lipinski definition) is 3. The van der Waals surface area contributed by atoms with Crippen LogP contribution < -0.4 is 5.32 Å². The number of aromatic nitrogens is 1. The molecule has 0 aliphatic heterocycles. The minimum absolute atomic E-state index is 0.110. The first kappa shape index (κ1) is 12.6. The van der Waals surface area contributed by atoms with Gasteiger partial charge >= 0.3 is 0 Å². The molecule has 1 N–H and O–H groups in total. The van der Waals surface area contributed by atoms with Crippen molar-refractivity contribution in [2.45, 2.75) is 26.4 Å².